The van der Waals surface area contributed by atoms with Crippen molar-refractivity contribution in [2.75, 3.05) is 0 Å². The van der Waals surface area contributed by atoms with Gasteiger partial charge in [0.2, 0.25) is 0 Å². The number of carbonyl (C=O) groups excluding carboxylic acids is 1. The van der Waals surface area contributed by atoms with Crippen molar-refractivity contribution in [1.82, 2.24) is 0 Å². The van der Waals surface area contributed by atoms with E-state index >= 15 is 0 Å². The monoisotopic (exact) mass is 196 g/mol. The van der Waals surface area contributed by atoms with Crippen LogP contribution in [0, 0.1) is 22.7 Å². The van der Waals surface area contributed by atoms with Crippen molar-refractivity contribution < 1.29 is 9.90 Å². The second-order valence-corrected chi connectivity index (χ2v) is 5.80. The summed E-state index contributed by atoms with van der Waals surface area (Å²) in [4.78, 5) is 11.3. The molecule has 0 heterocycles. The normalized spacial score (nSPS) is 51.5. The van der Waals surface area contributed by atoms with Crippen molar-refractivity contribution in [2.24, 2.45) is 22.7 Å². The van der Waals surface area contributed by atoms with Crippen molar-refractivity contribution in [2.45, 2.75) is 46.1 Å². The SMILES string of the molecule is CC(C)C1C2(C=O)CCC1(C)C(O)C2. The zero-order valence-electron chi connectivity index (χ0n) is 9.29. The Bertz CT molecular complexity index is 261. The molecule has 2 saturated carbocycles. The third kappa shape index (κ3) is 0.979. The van der Waals surface area contributed by atoms with Gasteiger partial charge in [0.1, 0.15) is 6.29 Å². The van der Waals surface area contributed by atoms with Crippen LogP contribution >= 0.6 is 0 Å². The van der Waals surface area contributed by atoms with Crippen molar-refractivity contribution in [1.29, 1.82) is 0 Å². The van der Waals surface area contributed by atoms with E-state index in [1.54, 1.807) is 0 Å². The zero-order valence-corrected chi connectivity index (χ0v) is 9.29. The van der Waals surface area contributed by atoms with Crippen molar-refractivity contribution in [3.63, 3.8) is 0 Å². The van der Waals surface area contributed by atoms with Crippen LogP contribution in [0.4, 0.5) is 0 Å². The number of carbonyl (C=O) groups is 1. The number of aliphatic hydroxyl groups is 1. The minimum absolute atomic E-state index is 0.00488. The maximum absolute atomic E-state index is 11.3. The molecule has 2 rings (SSSR count). The Kier molecular flexibility index (Phi) is 2.04. The number of hydrogen-bond donors (Lipinski definition) is 1. The smallest absolute Gasteiger partial charge is 0.126 e. The minimum atomic E-state index is -0.270. The summed E-state index contributed by atoms with van der Waals surface area (Å²) < 4.78 is 0. The highest BCUT2D eigenvalue weighted by Crippen LogP contribution is 2.66. The molecule has 0 aromatic heterocycles. The average Bonchev–Trinajstić information content (AvgIpc) is 2.51. The summed E-state index contributed by atoms with van der Waals surface area (Å²) in [5.41, 5.74) is -0.211. The van der Waals surface area contributed by atoms with Gasteiger partial charge >= 0.3 is 0 Å². The first-order valence-electron chi connectivity index (χ1n) is 5.61. The van der Waals surface area contributed by atoms with Crippen LogP contribution < -0.4 is 0 Å². The number of hydrogen-bond acceptors (Lipinski definition) is 2. The van der Waals surface area contributed by atoms with Crippen LogP contribution in [0.15, 0.2) is 0 Å². The molecule has 2 nitrogen and oxygen atoms in total. The Morgan fingerprint density at radius 3 is 2.43 bits per heavy atom. The lowest BCUT2D eigenvalue weighted by Crippen LogP contribution is -2.33. The van der Waals surface area contributed by atoms with Crippen molar-refractivity contribution >= 4 is 6.29 Å². The first kappa shape index (κ1) is 10.2. The summed E-state index contributed by atoms with van der Waals surface area (Å²) in [5.74, 6) is 0.868. The van der Waals surface area contributed by atoms with Gasteiger partial charge in [0.05, 0.1) is 6.10 Å². The van der Waals surface area contributed by atoms with Gasteiger partial charge in [-0.2, -0.15) is 0 Å². The third-order valence-electron chi connectivity index (χ3n) is 4.69. The van der Waals surface area contributed by atoms with E-state index in [0.717, 1.165) is 19.1 Å². The Labute approximate surface area is 85.7 Å². The van der Waals surface area contributed by atoms with E-state index in [4.69, 9.17) is 0 Å². The van der Waals surface area contributed by atoms with E-state index in [1.165, 1.54) is 0 Å². The second-order valence-electron chi connectivity index (χ2n) is 5.80. The maximum Gasteiger partial charge on any atom is 0.126 e. The van der Waals surface area contributed by atoms with E-state index in [9.17, 15) is 9.90 Å². The van der Waals surface area contributed by atoms with Crippen molar-refractivity contribution in [3.8, 4) is 0 Å². The van der Waals surface area contributed by atoms with E-state index in [0.29, 0.717) is 18.3 Å². The molecule has 2 aliphatic rings. The molecule has 2 bridgehead atoms. The average molecular weight is 196 g/mol. The highest BCUT2D eigenvalue weighted by atomic mass is 16.3. The lowest BCUT2D eigenvalue weighted by molar-refractivity contribution is -0.118. The summed E-state index contributed by atoms with van der Waals surface area (Å²) >= 11 is 0. The van der Waals surface area contributed by atoms with Gasteiger partial charge in [0, 0.05) is 5.41 Å². The maximum atomic E-state index is 11.3. The number of aldehydes is 1. The summed E-state index contributed by atoms with van der Waals surface area (Å²) in [5, 5.41) is 10.0. The molecular formula is C12H20O2. The molecule has 0 aliphatic heterocycles. The predicted octanol–water partition coefficient (Wildman–Crippen LogP) is 2.01. The minimum Gasteiger partial charge on any atom is -0.393 e. The third-order valence-corrected chi connectivity index (χ3v) is 4.69. The molecule has 2 aliphatic carbocycles. The van der Waals surface area contributed by atoms with Gasteiger partial charge in [0.25, 0.3) is 0 Å². The van der Waals surface area contributed by atoms with Crippen molar-refractivity contribution in [3.05, 3.63) is 0 Å². The molecule has 2 fully saturated rings. The molecule has 1 N–H and O–H groups in total. The highest BCUT2D eigenvalue weighted by Gasteiger charge is 2.65. The molecule has 80 valence electrons. The number of fused-ring (bicyclic) bond motifs is 2. The molecular weight excluding hydrogens is 176 g/mol. The van der Waals surface area contributed by atoms with Gasteiger partial charge in [-0.15, -0.1) is 0 Å². The van der Waals surface area contributed by atoms with Crippen LogP contribution in [-0.4, -0.2) is 17.5 Å². The van der Waals surface area contributed by atoms with Gasteiger partial charge < -0.3 is 9.90 Å². The van der Waals surface area contributed by atoms with E-state index in [-0.39, 0.29) is 16.9 Å². The van der Waals surface area contributed by atoms with Crippen LogP contribution in [0.1, 0.15) is 40.0 Å². The lowest BCUT2D eigenvalue weighted by atomic mass is 9.71. The first-order valence-corrected chi connectivity index (χ1v) is 5.61. The molecule has 14 heavy (non-hydrogen) atoms. The molecule has 0 aromatic rings. The second kappa shape index (κ2) is 2.82. The summed E-state index contributed by atoms with van der Waals surface area (Å²) in [6, 6.07) is 0. The molecule has 4 unspecified atom stereocenters. The Morgan fingerprint density at radius 1 is 1.43 bits per heavy atom. The molecule has 0 amide bonds. The summed E-state index contributed by atoms with van der Waals surface area (Å²) in [6.45, 7) is 6.50. The Hall–Kier alpha value is -0.370. The Balaban J connectivity index is 2.42. The standard InChI is InChI=1S/C12H20O2/c1-8(2)10-11(3)4-5-12(10,7-13)6-9(11)14/h7-10,14H,4-6H2,1-3H3. The molecule has 4 atom stereocenters. The van der Waals surface area contributed by atoms with Gasteiger partial charge in [0.15, 0.2) is 0 Å². The molecule has 2 heteroatoms. The van der Waals surface area contributed by atoms with Crippen LogP contribution in [0.3, 0.4) is 0 Å². The van der Waals surface area contributed by atoms with Gasteiger partial charge in [-0.1, -0.05) is 20.8 Å². The largest absolute Gasteiger partial charge is 0.393 e. The summed E-state index contributed by atoms with van der Waals surface area (Å²) in [7, 11) is 0. The fourth-order valence-electron chi connectivity index (χ4n) is 4.27. The van der Waals surface area contributed by atoms with Crippen LogP contribution in [0.2, 0.25) is 0 Å². The fraction of sp³-hybridized carbons (Fsp3) is 0.917. The molecule has 0 saturated heterocycles. The quantitative estimate of drug-likeness (QED) is 0.686. The molecule has 0 radical (unpaired) electrons. The fourth-order valence-corrected chi connectivity index (χ4v) is 4.27. The molecule has 0 spiro atoms. The van der Waals surface area contributed by atoms with Crippen LogP contribution in [-0.2, 0) is 4.79 Å². The molecule has 0 aromatic carbocycles. The number of aliphatic hydroxyl groups excluding tert-OH is 1. The van der Waals surface area contributed by atoms with Gasteiger partial charge in [-0.3, -0.25) is 0 Å². The number of rotatable bonds is 2. The lowest BCUT2D eigenvalue weighted by Gasteiger charge is -2.33. The zero-order chi connectivity index (χ0) is 10.6. The van der Waals surface area contributed by atoms with Crippen LogP contribution in [0.25, 0.3) is 0 Å². The van der Waals surface area contributed by atoms with E-state index < -0.39 is 0 Å². The van der Waals surface area contributed by atoms with Gasteiger partial charge in [-0.25, -0.2) is 0 Å². The van der Waals surface area contributed by atoms with E-state index in [1.807, 2.05) is 0 Å². The van der Waals surface area contributed by atoms with Gasteiger partial charge in [-0.05, 0) is 36.5 Å². The van der Waals surface area contributed by atoms with Crippen LogP contribution in [0.5, 0.6) is 0 Å². The first-order chi connectivity index (χ1) is 6.46. The predicted molar refractivity (Wildman–Crippen MR) is 54.8 cm³/mol. The Morgan fingerprint density at radius 2 is 2.07 bits per heavy atom. The van der Waals surface area contributed by atoms with E-state index in [2.05, 4.69) is 20.8 Å². The highest BCUT2D eigenvalue weighted by molar-refractivity contribution is 5.63. The summed E-state index contributed by atoms with van der Waals surface area (Å²) in [6.07, 6.45) is 3.53. The topological polar surface area (TPSA) is 37.3 Å².